The largest absolute Gasteiger partial charge is 0.472 e. The molecule has 0 bridgehead atoms. The van der Waals surface area contributed by atoms with E-state index in [9.17, 15) is 14.3 Å². The van der Waals surface area contributed by atoms with Crippen molar-refractivity contribution in [3.8, 4) is 0 Å². The quantitative estimate of drug-likeness (QED) is 0.0359. The lowest BCUT2D eigenvalue weighted by atomic mass is 10.1. The van der Waals surface area contributed by atoms with E-state index in [0.717, 1.165) is 44.9 Å². The number of phosphoric acid groups is 1. The van der Waals surface area contributed by atoms with E-state index >= 15 is 0 Å². The van der Waals surface area contributed by atoms with Crippen molar-refractivity contribution in [2.45, 2.75) is 110 Å². The Kier molecular flexibility index (Phi) is 24.1. The first kappa shape index (κ1) is 38.0. The minimum Gasteiger partial charge on any atom is -0.457 e. The number of phosphoric ester groups is 1. The van der Waals surface area contributed by atoms with Crippen LogP contribution >= 0.6 is 7.82 Å². The maximum Gasteiger partial charge on any atom is 0.472 e. The van der Waals surface area contributed by atoms with E-state index < -0.39 is 13.9 Å². The smallest absolute Gasteiger partial charge is 0.457 e. The molecular formula is C30H59NO7P+. The Bertz CT molecular complexity index is 691. The molecule has 0 spiro atoms. The van der Waals surface area contributed by atoms with Crippen molar-refractivity contribution < 1.29 is 37.3 Å². The van der Waals surface area contributed by atoms with Gasteiger partial charge in [-0.25, -0.2) is 4.57 Å². The lowest BCUT2D eigenvalue weighted by molar-refractivity contribution is -0.870. The summed E-state index contributed by atoms with van der Waals surface area (Å²) in [6.07, 6.45) is 22.7. The molecule has 0 aliphatic heterocycles. The van der Waals surface area contributed by atoms with Gasteiger partial charge in [-0.05, 0) is 38.5 Å². The topological polar surface area (TPSA) is 91.3 Å². The highest BCUT2D eigenvalue weighted by Gasteiger charge is 2.26. The number of nitrogens with zero attached hydrogens (tertiary/aromatic N) is 1. The maximum atomic E-state index is 12.2. The zero-order valence-corrected chi connectivity index (χ0v) is 26.5. The van der Waals surface area contributed by atoms with Crippen molar-refractivity contribution in [3.63, 3.8) is 0 Å². The zero-order chi connectivity index (χ0) is 29.2. The Balaban J connectivity index is 4.18. The molecule has 230 valence electrons. The minimum absolute atomic E-state index is 0.0860. The third-order valence-corrected chi connectivity index (χ3v) is 6.98. The average Bonchev–Trinajstić information content (AvgIpc) is 2.86. The van der Waals surface area contributed by atoms with Crippen molar-refractivity contribution in [3.05, 3.63) is 24.3 Å². The Morgan fingerprint density at radius 3 is 2.13 bits per heavy atom. The fourth-order valence-corrected chi connectivity index (χ4v) is 4.33. The van der Waals surface area contributed by atoms with Crippen LogP contribution in [0, 0.1) is 0 Å². The van der Waals surface area contributed by atoms with Crippen LogP contribution < -0.4 is 0 Å². The summed E-state index contributed by atoms with van der Waals surface area (Å²) in [5.74, 6) is -0.345. The van der Waals surface area contributed by atoms with E-state index in [1.807, 2.05) is 21.1 Å². The van der Waals surface area contributed by atoms with Crippen molar-refractivity contribution >= 4 is 13.8 Å². The molecule has 2 unspecified atom stereocenters. The molecular weight excluding hydrogens is 517 g/mol. The minimum atomic E-state index is -4.24. The summed E-state index contributed by atoms with van der Waals surface area (Å²) in [5.41, 5.74) is 0. The van der Waals surface area contributed by atoms with Gasteiger partial charge in [0.05, 0.1) is 34.4 Å². The van der Waals surface area contributed by atoms with Gasteiger partial charge in [-0.2, -0.15) is 0 Å². The third kappa shape index (κ3) is 28.3. The second kappa shape index (κ2) is 24.8. The van der Waals surface area contributed by atoms with Crippen molar-refractivity contribution in [2.75, 3.05) is 54.1 Å². The van der Waals surface area contributed by atoms with Crippen LogP contribution in [0.3, 0.4) is 0 Å². The Morgan fingerprint density at radius 1 is 0.795 bits per heavy atom. The highest BCUT2D eigenvalue weighted by atomic mass is 31.2. The van der Waals surface area contributed by atoms with Gasteiger partial charge < -0.3 is 18.9 Å². The first-order valence-electron chi connectivity index (χ1n) is 15.1. The molecule has 0 amide bonds. The number of rotatable bonds is 27. The van der Waals surface area contributed by atoms with Crippen LogP contribution in [0.5, 0.6) is 0 Å². The van der Waals surface area contributed by atoms with E-state index in [1.54, 1.807) is 0 Å². The lowest BCUT2D eigenvalue weighted by Crippen LogP contribution is -2.37. The number of hydrogen-bond acceptors (Lipinski definition) is 6. The van der Waals surface area contributed by atoms with Gasteiger partial charge in [-0.1, -0.05) is 83.1 Å². The molecule has 0 rings (SSSR count). The summed E-state index contributed by atoms with van der Waals surface area (Å²) in [7, 11) is 1.65. The maximum absolute atomic E-state index is 12.2. The molecule has 0 aromatic rings. The molecule has 1 N–H and O–H groups in total. The summed E-state index contributed by atoms with van der Waals surface area (Å²) < 4.78 is 34.2. The average molecular weight is 577 g/mol. The van der Waals surface area contributed by atoms with Crippen LogP contribution in [-0.4, -0.2) is 75.6 Å². The first-order valence-corrected chi connectivity index (χ1v) is 16.6. The molecule has 0 saturated heterocycles. The van der Waals surface area contributed by atoms with Gasteiger partial charge >= 0.3 is 13.8 Å². The van der Waals surface area contributed by atoms with E-state index in [1.165, 1.54) is 38.5 Å². The number of allylic oxidation sites excluding steroid dienone is 4. The first-order chi connectivity index (χ1) is 18.6. The number of carbonyl (C=O) groups excluding carboxylic acids is 1. The van der Waals surface area contributed by atoms with Gasteiger partial charge in [0.15, 0.2) is 0 Å². The third-order valence-electron chi connectivity index (χ3n) is 6.00. The molecule has 0 aromatic heterocycles. The van der Waals surface area contributed by atoms with Gasteiger partial charge in [-0.3, -0.25) is 13.8 Å². The van der Waals surface area contributed by atoms with Crippen LogP contribution in [0.2, 0.25) is 0 Å². The summed E-state index contributed by atoms with van der Waals surface area (Å²) in [6, 6.07) is 0. The second-order valence-corrected chi connectivity index (χ2v) is 12.6. The monoisotopic (exact) mass is 576 g/mol. The fourth-order valence-electron chi connectivity index (χ4n) is 3.59. The number of unbranched alkanes of at least 4 members (excludes halogenated alkanes) is 9. The van der Waals surface area contributed by atoms with E-state index in [0.29, 0.717) is 24.1 Å². The number of esters is 1. The number of hydrogen-bond donors (Lipinski definition) is 1. The number of carbonyl (C=O) groups is 1. The Labute approximate surface area is 239 Å². The highest BCUT2D eigenvalue weighted by Crippen LogP contribution is 2.43. The predicted octanol–water partition coefficient (Wildman–Crippen LogP) is 7.37. The molecule has 0 aromatic carbocycles. The summed E-state index contributed by atoms with van der Waals surface area (Å²) in [4.78, 5) is 22.2. The van der Waals surface area contributed by atoms with Gasteiger partial charge in [0.1, 0.15) is 19.3 Å². The molecule has 0 heterocycles. The van der Waals surface area contributed by atoms with Gasteiger partial charge in [0.25, 0.3) is 0 Å². The number of ether oxygens (including phenoxy) is 2. The van der Waals surface area contributed by atoms with Gasteiger partial charge in [0.2, 0.25) is 0 Å². The van der Waals surface area contributed by atoms with Crippen LogP contribution in [-0.2, 0) is 27.9 Å². The lowest BCUT2D eigenvalue weighted by Gasteiger charge is -2.24. The van der Waals surface area contributed by atoms with E-state index in [-0.39, 0.29) is 25.8 Å². The Hall–Kier alpha value is -1.02. The van der Waals surface area contributed by atoms with Crippen LogP contribution in [0.1, 0.15) is 104 Å². The van der Waals surface area contributed by atoms with Crippen LogP contribution in [0.4, 0.5) is 0 Å². The van der Waals surface area contributed by atoms with Gasteiger partial charge in [-0.15, -0.1) is 0 Å². The summed E-state index contributed by atoms with van der Waals surface area (Å²) in [6.45, 7) is 5.33. The van der Waals surface area contributed by atoms with Crippen LogP contribution in [0.15, 0.2) is 24.3 Å². The number of quaternary nitrogens is 1. The molecule has 0 saturated carbocycles. The number of likely N-dealkylation sites (N-methyl/N-ethyl adjacent to an activating group) is 1. The van der Waals surface area contributed by atoms with Gasteiger partial charge in [0, 0.05) is 13.0 Å². The van der Waals surface area contributed by atoms with Crippen molar-refractivity contribution in [1.82, 2.24) is 0 Å². The van der Waals surface area contributed by atoms with E-state index in [4.69, 9.17) is 18.5 Å². The Morgan fingerprint density at radius 2 is 1.46 bits per heavy atom. The molecule has 0 fully saturated rings. The standard InChI is InChI=1S/C30H58NO7P/c1-6-8-10-11-12-13-14-15-16-17-18-19-20-22-25-35-27-29(38-30(32)23-21-9-7-2)28-37-39(33,34)36-26-24-31(3,4)5/h10-11,13-14,29H,6-9,12,15-28H2,1-5H3/p+1/b11-10-,14-13-. The van der Waals surface area contributed by atoms with Crippen molar-refractivity contribution in [2.24, 2.45) is 0 Å². The van der Waals surface area contributed by atoms with E-state index in [2.05, 4.69) is 38.2 Å². The zero-order valence-electron chi connectivity index (χ0n) is 25.6. The molecule has 0 aliphatic rings. The second-order valence-electron chi connectivity index (χ2n) is 11.1. The molecule has 2 atom stereocenters. The summed E-state index contributed by atoms with van der Waals surface area (Å²) in [5, 5.41) is 0. The highest BCUT2D eigenvalue weighted by molar-refractivity contribution is 7.47. The molecule has 9 heteroatoms. The van der Waals surface area contributed by atoms with Crippen molar-refractivity contribution in [1.29, 1.82) is 0 Å². The molecule has 8 nitrogen and oxygen atoms in total. The predicted molar refractivity (Wildman–Crippen MR) is 160 cm³/mol. The summed E-state index contributed by atoms with van der Waals surface area (Å²) >= 11 is 0. The van der Waals surface area contributed by atoms with Crippen LogP contribution in [0.25, 0.3) is 0 Å². The molecule has 39 heavy (non-hydrogen) atoms. The molecule has 0 aliphatic carbocycles. The molecule has 0 radical (unpaired) electrons. The normalized spacial score (nSPS) is 14.7. The fraction of sp³-hybridized carbons (Fsp3) is 0.833. The SMILES string of the molecule is CCC/C=C\C/C=C\CCCCCCCCOCC(COP(=O)(O)OCC[N+](C)(C)C)OC(=O)CCCCC.